The standard InChI is InChI=1S/C20H23FN2O3/c1-22-19-7-4-17(5-8-19)2-3-18-6-9-20(23-16-18)26-15-14-25-13-12-24-11-10-21/h4-9,16,22H,10-15H2,1H3/i21-1. The Balaban J connectivity index is 1.70. The topological polar surface area (TPSA) is 52.6 Å². The maximum atomic E-state index is 11.8. The molecule has 0 unspecified atom stereocenters. The molecule has 1 heterocycles. The van der Waals surface area contributed by atoms with Gasteiger partial charge in [0.1, 0.15) is 13.3 Å². The molecule has 0 saturated heterocycles. The maximum Gasteiger partial charge on any atom is 0.213 e. The first kappa shape index (κ1) is 19.7. The van der Waals surface area contributed by atoms with Crippen molar-refractivity contribution in [3.05, 3.63) is 53.7 Å². The smallest absolute Gasteiger partial charge is 0.213 e. The molecule has 0 saturated carbocycles. The number of hydrogen-bond acceptors (Lipinski definition) is 5. The highest BCUT2D eigenvalue weighted by atomic mass is 18.2. The van der Waals surface area contributed by atoms with Gasteiger partial charge in [0.25, 0.3) is 0 Å². The lowest BCUT2D eigenvalue weighted by Crippen LogP contribution is -2.11. The molecule has 26 heavy (non-hydrogen) atoms. The zero-order valence-corrected chi connectivity index (χ0v) is 14.8. The number of aromatic nitrogens is 1. The van der Waals surface area contributed by atoms with Gasteiger partial charge in [-0.3, -0.25) is 0 Å². The fourth-order valence-corrected chi connectivity index (χ4v) is 1.99. The van der Waals surface area contributed by atoms with Gasteiger partial charge in [0, 0.05) is 36.1 Å². The van der Waals surface area contributed by atoms with E-state index in [9.17, 15) is 4.39 Å². The largest absolute Gasteiger partial charge is 0.475 e. The average molecular weight is 357 g/mol. The fourth-order valence-electron chi connectivity index (χ4n) is 1.99. The zero-order valence-electron chi connectivity index (χ0n) is 14.8. The van der Waals surface area contributed by atoms with Crippen molar-refractivity contribution in [2.75, 3.05) is 52.1 Å². The quantitative estimate of drug-likeness (QED) is 0.523. The number of anilines is 1. The molecule has 0 aliphatic rings. The van der Waals surface area contributed by atoms with Crippen molar-refractivity contribution in [1.29, 1.82) is 0 Å². The van der Waals surface area contributed by atoms with Gasteiger partial charge >= 0.3 is 0 Å². The van der Waals surface area contributed by atoms with Crippen LogP contribution in [0, 0.1) is 11.8 Å². The molecule has 0 radical (unpaired) electrons. The van der Waals surface area contributed by atoms with Gasteiger partial charge < -0.3 is 19.5 Å². The Hall–Kier alpha value is -2.62. The summed E-state index contributed by atoms with van der Waals surface area (Å²) in [4.78, 5) is 4.22. The number of pyridine rings is 1. The number of nitrogens with zero attached hydrogens (tertiary/aromatic N) is 1. The number of benzene rings is 1. The van der Waals surface area contributed by atoms with Crippen LogP contribution in [0.5, 0.6) is 5.88 Å². The second kappa shape index (κ2) is 11.9. The molecule has 0 bridgehead atoms. The number of nitrogens with one attached hydrogen (secondary N) is 1. The van der Waals surface area contributed by atoms with Gasteiger partial charge in [-0.25, -0.2) is 9.37 Å². The van der Waals surface area contributed by atoms with Crippen LogP contribution in [0.25, 0.3) is 0 Å². The minimum Gasteiger partial charge on any atom is -0.475 e. The minimum absolute atomic E-state index is 0.111. The molecule has 0 fully saturated rings. The van der Waals surface area contributed by atoms with Gasteiger partial charge in [0.2, 0.25) is 5.88 Å². The fraction of sp³-hybridized carbons (Fsp3) is 0.350. The lowest BCUT2D eigenvalue weighted by atomic mass is 10.2. The van der Waals surface area contributed by atoms with Gasteiger partial charge in [-0.1, -0.05) is 11.8 Å². The summed E-state index contributed by atoms with van der Waals surface area (Å²) >= 11 is 0. The highest BCUT2D eigenvalue weighted by Gasteiger charge is 1.96. The van der Waals surface area contributed by atoms with E-state index >= 15 is 0 Å². The van der Waals surface area contributed by atoms with Crippen LogP contribution < -0.4 is 10.1 Å². The molecule has 0 atom stereocenters. The average Bonchev–Trinajstić information content (AvgIpc) is 2.69. The van der Waals surface area contributed by atoms with Crippen molar-refractivity contribution in [3.8, 4) is 17.7 Å². The molecule has 2 rings (SSSR count). The highest BCUT2D eigenvalue weighted by Crippen LogP contribution is 2.09. The summed E-state index contributed by atoms with van der Waals surface area (Å²) in [5.41, 5.74) is 2.81. The van der Waals surface area contributed by atoms with Crippen molar-refractivity contribution < 1.29 is 18.6 Å². The number of rotatable bonds is 10. The molecular weight excluding hydrogens is 334 g/mol. The monoisotopic (exact) mass is 357 g/mol. The lowest BCUT2D eigenvalue weighted by Gasteiger charge is -2.06. The molecule has 1 aromatic heterocycles. The first-order valence-electron chi connectivity index (χ1n) is 8.42. The SMILES string of the molecule is CNc1ccc(C#Cc2ccc(OCCOCCOCC[18F])nc2)cc1. The first-order valence-corrected chi connectivity index (χ1v) is 8.42. The van der Waals surface area contributed by atoms with E-state index in [2.05, 4.69) is 22.1 Å². The van der Waals surface area contributed by atoms with Crippen LogP contribution in [0.15, 0.2) is 42.6 Å². The summed E-state index contributed by atoms with van der Waals surface area (Å²) in [5, 5.41) is 3.07. The summed E-state index contributed by atoms with van der Waals surface area (Å²) in [6, 6.07) is 11.5. The van der Waals surface area contributed by atoms with Gasteiger partial charge in [-0.15, -0.1) is 0 Å². The molecule has 2 aromatic rings. The lowest BCUT2D eigenvalue weighted by molar-refractivity contribution is 0.0320. The number of ether oxygens (including phenoxy) is 3. The van der Waals surface area contributed by atoms with Crippen LogP contribution >= 0.6 is 0 Å². The van der Waals surface area contributed by atoms with E-state index in [1.165, 1.54) is 0 Å². The molecule has 0 aliphatic carbocycles. The summed E-state index contributed by atoms with van der Waals surface area (Å²) in [6.45, 7) is 1.25. The number of hydrogen-bond donors (Lipinski definition) is 1. The predicted molar refractivity (Wildman–Crippen MR) is 99.3 cm³/mol. The Morgan fingerprint density at radius 1 is 0.885 bits per heavy atom. The number of alkyl halides is 1. The molecule has 0 spiro atoms. The van der Waals surface area contributed by atoms with Crippen LogP contribution in [-0.2, 0) is 9.47 Å². The highest BCUT2D eigenvalue weighted by molar-refractivity contribution is 5.49. The first-order chi connectivity index (χ1) is 12.8. The third-order valence-electron chi connectivity index (χ3n) is 3.33. The van der Waals surface area contributed by atoms with Gasteiger partial charge in [-0.05, 0) is 30.3 Å². The van der Waals surface area contributed by atoms with E-state index in [0.29, 0.717) is 32.3 Å². The summed E-state index contributed by atoms with van der Waals surface area (Å²) < 4.78 is 27.5. The molecule has 0 aliphatic heterocycles. The molecule has 1 aromatic carbocycles. The Morgan fingerprint density at radius 3 is 2.19 bits per heavy atom. The van der Waals surface area contributed by atoms with Crippen molar-refractivity contribution in [2.24, 2.45) is 0 Å². The second-order valence-corrected chi connectivity index (χ2v) is 5.22. The molecule has 6 heteroatoms. The predicted octanol–water partition coefficient (Wildman–Crippen LogP) is 2.90. The zero-order chi connectivity index (χ0) is 18.5. The third-order valence-corrected chi connectivity index (χ3v) is 3.33. The summed E-state index contributed by atoms with van der Waals surface area (Å²) in [6.07, 6.45) is 1.68. The van der Waals surface area contributed by atoms with Crippen molar-refractivity contribution in [1.82, 2.24) is 4.98 Å². The van der Waals surface area contributed by atoms with E-state index in [4.69, 9.17) is 14.2 Å². The van der Waals surface area contributed by atoms with Gasteiger partial charge in [0.05, 0.1) is 26.4 Å². The van der Waals surface area contributed by atoms with E-state index in [-0.39, 0.29) is 6.61 Å². The number of halogens is 1. The van der Waals surface area contributed by atoms with E-state index < -0.39 is 6.67 Å². The summed E-state index contributed by atoms with van der Waals surface area (Å²) in [7, 11) is 1.88. The molecular formula is C20H23FN2O3. The normalized spacial score (nSPS) is 10.1. The molecule has 1 N–H and O–H groups in total. The van der Waals surface area contributed by atoms with Crippen molar-refractivity contribution in [2.45, 2.75) is 0 Å². The van der Waals surface area contributed by atoms with Gasteiger partial charge in [0.15, 0.2) is 0 Å². The Bertz CT molecular complexity index is 694. The van der Waals surface area contributed by atoms with Crippen molar-refractivity contribution >= 4 is 5.69 Å². The Kier molecular flexibility index (Phi) is 8.98. The summed E-state index contributed by atoms with van der Waals surface area (Å²) in [5.74, 6) is 6.69. The van der Waals surface area contributed by atoms with Crippen LogP contribution in [0.4, 0.5) is 10.1 Å². The van der Waals surface area contributed by atoms with E-state index in [0.717, 1.165) is 16.8 Å². The third kappa shape index (κ3) is 7.51. The van der Waals surface area contributed by atoms with Crippen LogP contribution in [0.1, 0.15) is 11.1 Å². The molecule has 0 amide bonds. The Morgan fingerprint density at radius 2 is 1.54 bits per heavy atom. The second-order valence-electron chi connectivity index (χ2n) is 5.22. The van der Waals surface area contributed by atoms with Crippen molar-refractivity contribution in [3.63, 3.8) is 0 Å². The molecule has 138 valence electrons. The van der Waals surface area contributed by atoms with E-state index in [1.807, 2.05) is 37.4 Å². The maximum absolute atomic E-state index is 11.8. The van der Waals surface area contributed by atoms with Crippen LogP contribution in [0.2, 0.25) is 0 Å². The van der Waals surface area contributed by atoms with Crippen LogP contribution in [-0.4, -0.2) is 51.7 Å². The van der Waals surface area contributed by atoms with Crippen LogP contribution in [0.3, 0.4) is 0 Å². The molecule has 5 nitrogen and oxygen atoms in total. The minimum atomic E-state index is -0.474. The van der Waals surface area contributed by atoms with Gasteiger partial charge in [-0.2, -0.15) is 0 Å². The Labute approximate surface area is 153 Å². The van der Waals surface area contributed by atoms with E-state index in [1.54, 1.807) is 12.3 Å².